The Kier molecular flexibility index (Phi) is 9.87. The number of hydrogen-bond acceptors (Lipinski definition) is 9. The van der Waals surface area contributed by atoms with Crippen molar-refractivity contribution < 1.29 is 37.7 Å². The zero-order valence-electron chi connectivity index (χ0n) is 27.4. The van der Waals surface area contributed by atoms with E-state index in [2.05, 4.69) is 52.1 Å². The van der Waals surface area contributed by atoms with E-state index in [9.17, 15) is 28.3 Å². The van der Waals surface area contributed by atoms with Crippen LogP contribution in [0, 0.1) is 11.3 Å². The highest BCUT2D eigenvalue weighted by atomic mass is 35.5. The standard InChI is InChI=1S/C32H36ClN7O3.C2HF3O2/c1-37-15-4-7-23(37)19-43-30-35-26-18-38(27-9-3-6-21-5-2-8-25(33)28(21)27)16-11-24(26)29(36-30)39-17-22-10-12-32(20-39,13-14-34)40(22)31(41)42;3-2(4,5)1(6)7/h2-3,5-6,8-9,22-23H,4,7,10-13,15-20H2,1H3,(H,41,42);(H,6,7)/t22-,23?,32-;/m1./s1. The van der Waals surface area contributed by atoms with E-state index in [-0.39, 0.29) is 12.5 Å². The summed E-state index contributed by atoms with van der Waals surface area (Å²) in [5, 5.41) is 29.7. The number of aliphatic carboxylic acids is 1. The van der Waals surface area contributed by atoms with Gasteiger partial charge < -0.3 is 29.6 Å². The van der Waals surface area contributed by atoms with E-state index < -0.39 is 23.8 Å². The number of fused-ring (bicyclic) bond motifs is 4. The van der Waals surface area contributed by atoms with Crippen LogP contribution in [0.15, 0.2) is 36.4 Å². The van der Waals surface area contributed by atoms with Crippen molar-refractivity contribution in [2.45, 2.75) is 68.9 Å². The summed E-state index contributed by atoms with van der Waals surface area (Å²) in [6, 6.07) is 15.0. The van der Waals surface area contributed by atoms with Gasteiger partial charge in [-0.25, -0.2) is 9.59 Å². The lowest BCUT2D eigenvalue weighted by Gasteiger charge is -2.47. The Bertz CT molecular complexity index is 1820. The van der Waals surface area contributed by atoms with Crippen LogP contribution >= 0.6 is 11.6 Å². The number of carboxylic acid groups (broad SMARTS) is 2. The number of hydrogen-bond donors (Lipinski definition) is 2. The van der Waals surface area contributed by atoms with E-state index in [0.29, 0.717) is 44.7 Å². The van der Waals surface area contributed by atoms with Crippen LogP contribution < -0.4 is 14.5 Å². The highest BCUT2D eigenvalue weighted by Crippen LogP contribution is 2.44. The minimum atomic E-state index is -5.08. The number of likely N-dealkylation sites (N-methyl/N-ethyl adjacent to an activating group) is 1. The number of nitriles is 1. The van der Waals surface area contributed by atoms with Gasteiger partial charge in [-0.15, -0.1) is 0 Å². The topological polar surface area (TPSA) is 146 Å². The van der Waals surface area contributed by atoms with Gasteiger partial charge in [0.15, 0.2) is 0 Å². The molecule has 2 bridgehead atoms. The zero-order chi connectivity index (χ0) is 35.8. The van der Waals surface area contributed by atoms with Crippen LogP contribution in [0.25, 0.3) is 10.8 Å². The quantitative estimate of drug-likeness (QED) is 0.331. The maximum atomic E-state index is 12.3. The fourth-order valence-electron chi connectivity index (χ4n) is 7.79. The number of ether oxygens (including phenoxy) is 1. The van der Waals surface area contributed by atoms with Gasteiger partial charge in [-0.2, -0.15) is 28.4 Å². The molecule has 12 nitrogen and oxygen atoms in total. The lowest BCUT2D eigenvalue weighted by atomic mass is 9.91. The number of halogens is 4. The van der Waals surface area contributed by atoms with Crippen molar-refractivity contribution in [1.29, 1.82) is 5.26 Å². The lowest BCUT2D eigenvalue weighted by molar-refractivity contribution is -0.192. The molecule has 1 unspecified atom stereocenters. The summed E-state index contributed by atoms with van der Waals surface area (Å²) in [6.07, 6.45) is -1.49. The number of aromatic nitrogens is 2. The van der Waals surface area contributed by atoms with E-state index in [1.165, 1.54) is 0 Å². The molecule has 7 rings (SSSR count). The van der Waals surface area contributed by atoms with Gasteiger partial charge in [0.05, 0.1) is 41.3 Å². The number of likely N-dealkylation sites (tertiary alicyclic amines) is 1. The van der Waals surface area contributed by atoms with E-state index in [1.807, 2.05) is 12.1 Å². The van der Waals surface area contributed by atoms with Crippen LogP contribution in [-0.2, 0) is 17.8 Å². The summed E-state index contributed by atoms with van der Waals surface area (Å²) in [7, 11) is 2.12. The van der Waals surface area contributed by atoms with Crippen LogP contribution in [0.2, 0.25) is 5.02 Å². The van der Waals surface area contributed by atoms with E-state index in [1.54, 1.807) is 4.90 Å². The second kappa shape index (κ2) is 14.0. The molecule has 16 heteroatoms. The predicted molar refractivity (Wildman–Crippen MR) is 179 cm³/mol. The Hall–Kier alpha value is -4.55. The normalized spacial score (nSPS) is 23.2. The second-order valence-corrected chi connectivity index (χ2v) is 13.6. The Morgan fingerprint density at radius 2 is 1.86 bits per heavy atom. The number of alkyl halides is 3. The third-order valence-corrected chi connectivity index (χ3v) is 10.5. The molecule has 50 heavy (non-hydrogen) atoms. The molecular formula is C34H37ClF3N7O5. The number of piperazine rings is 1. The maximum absolute atomic E-state index is 12.3. The van der Waals surface area contributed by atoms with Crippen LogP contribution in [0.4, 0.5) is 29.5 Å². The first-order valence-electron chi connectivity index (χ1n) is 16.4. The monoisotopic (exact) mass is 715 g/mol. The minimum absolute atomic E-state index is 0.159. The zero-order valence-corrected chi connectivity index (χ0v) is 28.1. The third kappa shape index (κ3) is 6.91. The molecule has 1 aromatic heterocycles. The molecule has 2 N–H and O–H groups in total. The number of benzene rings is 2. The largest absolute Gasteiger partial charge is 0.490 e. The average molecular weight is 716 g/mol. The van der Waals surface area contributed by atoms with Crippen LogP contribution in [0.3, 0.4) is 0 Å². The maximum Gasteiger partial charge on any atom is 0.490 e. The number of anilines is 2. The average Bonchev–Trinajstić information content (AvgIpc) is 3.59. The Morgan fingerprint density at radius 3 is 2.52 bits per heavy atom. The molecule has 3 saturated heterocycles. The molecule has 0 saturated carbocycles. The van der Waals surface area contributed by atoms with Crippen molar-refractivity contribution in [3.8, 4) is 12.1 Å². The molecule has 5 heterocycles. The number of amides is 1. The summed E-state index contributed by atoms with van der Waals surface area (Å²) in [5.41, 5.74) is 2.32. The van der Waals surface area contributed by atoms with Crippen LogP contribution in [-0.4, -0.2) is 106 Å². The van der Waals surface area contributed by atoms with E-state index >= 15 is 0 Å². The van der Waals surface area contributed by atoms with E-state index in [4.69, 9.17) is 36.2 Å². The summed E-state index contributed by atoms with van der Waals surface area (Å²) in [4.78, 5) is 39.5. The van der Waals surface area contributed by atoms with Gasteiger partial charge in [0.25, 0.3) is 0 Å². The first-order valence-corrected chi connectivity index (χ1v) is 16.8. The van der Waals surface area contributed by atoms with E-state index in [0.717, 1.165) is 77.3 Å². The van der Waals surface area contributed by atoms with Crippen molar-refractivity contribution in [2.24, 2.45) is 0 Å². The SMILES string of the molecule is CN1CCCC1COc1nc2c(c(N3C[C@H]4CC[C@@](CC#N)(C3)N4C(=O)O)n1)CCN(c1cccc3cccc(Cl)c13)C2.O=C(O)C(F)(F)F. The number of carboxylic acids is 1. The van der Waals surface area contributed by atoms with Gasteiger partial charge >= 0.3 is 24.2 Å². The van der Waals surface area contributed by atoms with Gasteiger partial charge in [0.1, 0.15) is 12.4 Å². The van der Waals surface area contributed by atoms with Crippen molar-refractivity contribution in [3.63, 3.8) is 0 Å². The Balaban J connectivity index is 0.000000561. The highest BCUT2D eigenvalue weighted by Gasteiger charge is 2.54. The molecule has 2 aromatic carbocycles. The van der Waals surface area contributed by atoms with Crippen molar-refractivity contribution >= 4 is 45.9 Å². The molecule has 3 aromatic rings. The summed E-state index contributed by atoms with van der Waals surface area (Å²) < 4.78 is 38.0. The molecule has 0 radical (unpaired) electrons. The minimum Gasteiger partial charge on any atom is -0.475 e. The van der Waals surface area contributed by atoms with Gasteiger partial charge in [-0.1, -0.05) is 35.9 Å². The van der Waals surface area contributed by atoms with Crippen LogP contribution in [0.1, 0.15) is 43.4 Å². The first kappa shape index (κ1) is 35.3. The van der Waals surface area contributed by atoms with Crippen LogP contribution in [0.5, 0.6) is 6.01 Å². The summed E-state index contributed by atoms with van der Waals surface area (Å²) in [5.74, 6) is -1.94. The Labute approximate surface area is 291 Å². The van der Waals surface area contributed by atoms with Crippen molar-refractivity contribution in [1.82, 2.24) is 19.8 Å². The predicted octanol–water partition coefficient (Wildman–Crippen LogP) is 5.57. The first-order chi connectivity index (χ1) is 23.8. The Morgan fingerprint density at radius 1 is 1.12 bits per heavy atom. The molecule has 0 aliphatic carbocycles. The summed E-state index contributed by atoms with van der Waals surface area (Å²) in [6.45, 7) is 3.89. The fourth-order valence-corrected chi connectivity index (χ4v) is 8.07. The molecule has 1 amide bonds. The number of rotatable bonds is 6. The molecule has 4 aliphatic rings. The molecule has 3 atom stereocenters. The number of nitrogens with zero attached hydrogens (tertiary/aromatic N) is 7. The smallest absolute Gasteiger partial charge is 0.475 e. The third-order valence-electron chi connectivity index (χ3n) is 10.2. The molecule has 266 valence electrons. The van der Waals surface area contributed by atoms with Gasteiger partial charge in [-0.3, -0.25) is 4.90 Å². The fraction of sp³-hybridized carbons (Fsp3) is 0.500. The van der Waals surface area contributed by atoms with Gasteiger partial charge in [-0.05, 0) is 63.2 Å². The van der Waals surface area contributed by atoms with Gasteiger partial charge in [0.2, 0.25) is 0 Å². The second-order valence-electron chi connectivity index (χ2n) is 13.2. The molecule has 3 fully saturated rings. The molecule has 0 spiro atoms. The summed E-state index contributed by atoms with van der Waals surface area (Å²) >= 11 is 6.70. The van der Waals surface area contributed by atoms with Crippen molar-refractivity contribution in [3.05, 3.63) is 52.7 Å². The van der Waals surface area contributed by atoms with Crippen molar-refractivity contribution in [2.75, 3.05) is 49.6 Å². The molecule has 4 aliphatic heterocycles. The highest BCUT2D eigenvalue weighted by molar-refractivity contribution is 6.36. The number of carbonyl (C=O) groups is 2. The lowest BCUT2D eigenvalue weighted by Crippen LogP contribution is -2.63. The molecular weight excluding hydrogens is 679 g/mol. The van der Waals surface area contributed by atoms with Gasteiger partial charge in [0, 0.05) is 42.3 Å².